The number of aliphatic carboxylic acids is 2. The van der Waals surface area contributed by atoms with Gasteiger partial charge in [-0.25, -0.2) is 24.5 Å². The van der Waals surface area contributed by atoms with E-state index < -0.39 is 36.0 Å². The van der Waals surface area contributed by atoms with Gasteiger partial charge in [0.25, 0.3) is 0 Å². The standard InChI is InChI=1S/C20H28N6O3.2C2HF3O2/c1-15-10-16(2)24-19(23-15)26-8-9-29-20(12-26)11-17(28-13-20)18(27)22-4-3-6-25-7-5-21-14-25;2*3-2(4,5)1(6)7/h5,7,10,14,17H,3-4,6,8-9,11-13H2,1-2H3,(H,22,27);2*(H,6,7). The first kappa shape index (κ1) is 35.2. The van der Waals surface area contributed by atoms with Crippen LogP contribution in [0, 0.1) is 13.8 Å². The molecule has 240 valence electrons. The van der Waals surface area contributed by atoms with Crippen LogP contribution in [-0.4, -0.2) is 104 Å². The van der Waals surface area contributed by atoms with Crippen LogP contribution in [0.15, 0.2) is 24.8 Å². The normalized spacial score (nSPS) is 20.0. The summed E-state index contributed by atoms with van der Waals surface area (Å²) >= 11 is 0. The molecule has 0 aromatic carbocycles. The summed E-state index contributed by atoms with van der Waals surface area (Å²) in [5.74, 6) is -4.87. The molecule has 4 heterocycles. The van der Waals surface area contributed by atoms with Crippen molar-refractivity contribution in [2.45, 2.75) is 57.3 Å². The highest BCUT2D eigenvalue weighted by molar-refractivity contribution is 5.81. The minimum Gasteiger partial charge on any atom is -0.475 e. The zero-order valence-electron chi connectivity index (χ0n) is 23.0. The van der Waals surface area contributed by atoms with Crippen LogP contribution in [0.2, 0.25) is 0 Å². The number of alkyl halides is 6. The van der Waals surface area contributed by atoms with Crippen LogP contribution < -0.4 is 10.2 Å². The van der Waals surface area contributed by atoms with E-state index in [9.17, 15) is 31.1 Å². The quantitative estimate of drug-likeness (QED) is 0.317. The maximum atomic E-state index is 12.5. The Labute approximate surface area is 240 Å². The molecule has 2 unspecified atom stereocenters. The van der Waals surface area contributed by atoms with Gasteiger partial charge in [-0.15, -0.1) is 0 Å². The van der Waals surface area contributed by atoms with E-state index >= 15 is 0 Å². The summed E-state index contributed by atoms with van der Waals surface area (Å²) in [5, 5.41) is 17.2. The highest BCUT2D eigenvalue weighted by Crippen LogP contribution is 2.32. The van der Waals surface area contributed by atoms with E-state index in [1.165, 1.54) is 0 Å². The van der Waals surface area contributed by atoms with Gasteiger partial charge in [-0.3, -0.25) is 4.79 Å². The number of morpholine rings is 1. The number of halogens is 6. The molecule has 43 heavy (non-hydrogen) atoms. The number of carboxylic acid groups (broad SMARTS) is 2. The molecule has 1 amide bonds. The molecule has 2 saturated heterocycles. The summed E-state index contributed by atoms with van der Waals surface area (Å²) in [5.41, 5.74) is 1.41. The van der Waals surface area contributed by atoms with Crippen LogP contribution in [0.3, 0.4) is 0 Å². The Balaban J connectivity index is 0.000000384. The summed E-state index contributed by atoms with van der Waals surface area (Å²) < 4.78 is 77.4. The van der Waals surface area contributed by atoms with Crippen molar-refractivity contribution < 1.29 is 60.4 Å². The second-order valence-electron chi connectivity index (χ2n) is 9.46. The summed E-state index contributed by atoms with van der Waals surface area (Å²) in [6, 6.07) is 1.96. The Bertz CT molecular complexity index is 1180. The Morgan fingerprint density at radius 1 is 1.07 bits per heavy atom. The van der Waals surface area contributed by atoms with Gasteiger partial charge < -0.3 is 34.5 Å². The summed E-state index contributed by atoms with van der Waals surface area (Å²) in [7, 11) is 0. The highest BCUT2D eigenvalue weighted by Gasteiger charge is 2.47. The molecule has 0 aliphatic carbocycles. The van der Waals surface area contributed by atoms with Crippen molar-refractivity contribution in [3.63, 3.8) is 0 Å². The van der Waals surface area contributed by atoms with Crippen LogP contribution in [0.1, 0.15) is 24.2 Å². The zero-order chi connectivity index (χ0) is 32.4. The smallest absolute Gasteiger partial charge is 0.475 e. The first-order valence-corrected chi connectivity index (χ1v) is 12.6. The van der Waals surface area contributed by atoms with Gasteiger partial charge in [-0.1, -0.05) is 0 Å². The fraction of sp³-hybridized carbons (Fsp3) is 0.583. The average Bonchev–Trinajstić information content (AvgIpc) is 3.56. The van der Waals surface area contributed by atoms with Crippen molar-refractivity contribution in [3.8, 4) is 0 Å². The molecule has 2 aromatic rings. The molecule has 0 saturated carbocycles. The van der Waals surface area contributed by atoms with Crippen molar-refractivity contribution in [1.29, 1.82) is 0 Å². The molecular weight excluding hydrogens is 598 g/mol. The number of anilines is 1. The minimum absolute atomic E-state index is 0.0733. The van der Waals surface area contributed by atoms with E-state index in [2.05, 4.69) is 25.2 Å². The third-order valence-corrected chi connectivity index (χ3v) is 5.84. The predicted molar refractivity (Wildman–Crippen MR) is 134 cm³/mol. The van der Waals surface area contributed by atoms with E-state index in [0.29, 0.717) is 32.7 Å². The van der Waals surface area contributed by atoms with Gasteiger partial charge in [0.2, 0.25) is 11.9 Å². The second kappa shape index (κ2) is 14.9. The number of nitrogens with one attached hydrogen (secondary N) is 1. The fourth-order valence-corrected chi connectivity index (χ4v) is 3.96. The number of hydrogen-bond donors (Lipinski definition) is 3. The maximum absolute atomic E-state index is 12.5. The van der Waals surface area contributed by atoms with E-state index in [-0.39, 0.29) is 5.91 Å². The van der Waals surface area contributed by atoms with Gasteiger partial charge >= 0.3 is 24.3 Å². The Hall–Kier alpha value is -4.00. The number of nitrogens with zero attached hydrogens (tertiary/aromatic N) is 5. The topological polar surface area (TPSA) is 169 Å². The lowest BCUT2D eigenvalue weighted by atomic mass is 9.97. The van der Waals surface area contributed by atoms with Gasteiger partial charge in [0.1, 0.15) is 11.7 Å². The van der Waals surface area contributed by atoms with Crippen LogP contribution in [0.25, 0.3) is 0 Å². The number of ether oxygens (including phenoxy) is 2. The lowest BCUT2D eigenvalue weighted by Crippen LogP contribution is -2.53. The zero-order valence-corrected chi connectivity index (χ0v) is 23.0. The molecule has 13 nitrogen and oxygen atoms in total. The molecule has 1 spiro atoms. The van der Waals surface area contributed by atoms with Gasteiger partial charge in [0.15, 0.2) is 0 Å². The third kappa shape index (κ3) is 11.7. The van der Waals surface area contributed by atoms with Crippen molar-refractivity contribution in [1.82, 2.24) is 24.8 Å². The second-order valence-corrected chi connectivity index (χ2v) is 9.46. The number of hydrogen-bond acceptors (Lipinski definition) is 9. The van der Waals surface area contributed by atoms with Gasteiger partial charge in [-0.2, -0.15) is 26.3 Å². The average molecular weight is 629 g/mol. The van der Waals surface area contributed by atoms with Crippen molar-refractivity contribution in [2.75, 3.05) is 37.7 Å². The molecule has 2 aliphatic heterocycles. The Kier molecular flexibility index (Phi) is 12.2. The van der Waals surface area contributed by atoms with E-state index in [0.717, 1.165) is 36.8 Å². The number of amides is 1. The molecule has 0 bridgehead atoms. The van der Waals surface area contributed by atoms with E-state index in [1.807, 2.05) is 30.7 Å². The summed E-state index contributed by atoms with van der Waals surface area (Å²) in [6.45, 7) is 7.70. The van der Waals surface area contributed by atoms with Crippen molar-refractivity contribution in [3.05, 3.63) is 36.2 Å². The molecule has 19 heteroatoms. The Morgan fingerprint density at radius 2 is 1.65 bits per heavy atom. The lowest BCUT2D eigenvalue weighted by molar-refractivity contribution is -0.193. The molecular formula is C24H30F6N6O7. The Morgan fingerprint density at radius 3 is 2.16 bits per heavy atom. The molecule has 0 radical (unpaired) electrons. The molecule has 3 N–H and O–H groups in total. The maximum Gasteiger partial charge on any atom is 0.490 e. The number of imidazole rings is 1. The van der Waals surface area contributed by atoms with E-state index in [1.54, 1.807) is 12.5 Å². The number of aryl methyl sites for hydroxylation is 3. The lowest BCUT2D eigenvalue weighted by Gasteiger charge is -2.39. The first-order valence-electron chi connectivity index (χ1n) is 12.6. The summed E-state index contributed by atoms with van der Waals surface area (Å²) in [6.07, 6.45) is -3.82. The predicted octanol–water partition coefficient (Wildman–Crippen LogP) is 2.13. The third-order valence-electron chi connectivity index (χ3n) is 5.84. The largest absolute Gasteiger partial charge is 0.490 e. The molecule has 4 rings (SSSR count). The number of carboxylic acids is 2. The van der Waals surface area contributed by atoms with Crippen molar-refractivity contribution >= 4 is 23.8 Å². The number of carbonyl (C=O) groups excluding carboxylic acids is 1. The van der Waals surface area contributed by atoms with Crippen LogP contribution >= 0.6 is 0 Å². The van der Waals surface area contributed by atoms with Crippen LogP contribution in [0.4, 0.5) is 32.3 Å². The van der Waals surface area contributed by atoms with Crippen molar-refractivity contribution in [2.24, 2.45) is 0 Å². The molecule has 2 atom stereocenters. The first-order chi connectivity index (χ1) is 19.9. The molecule has 2 aromatic heterocycles. The number of carbonyl (C=O) groups is 3. The SMILES string of the molecule is Cc1cc(C)nc(N2CCOC3(COC(C(=O)NCCCn4ccnc4)C3)C2)n1.O=C(O)C(F)(F)F.O=C(O)C(F)(F)F. The molecule has 2 fully saturated rings. The molecule has 2 aliphatic rings. The number of aromatic nitrogens is 4. The van der Waals surface area contributed by atoms with Gasteiger partial charge in [0, 0.05) is 49.8 Å². The van der Waals surface area contributed by atoms with E-state index in [4.69, 9.17) is 29.3 Å². The van der Waals surface area contributed by atoms with Gasteiger partial charge in [-0.05, 0) is 26.3 Å². The highest BCUT2D eigenvalue weighted by atomic mass is 19.4. The number of rotatable bonds is 6. The summed E-state index contributed by atoms with van der Waals surface area (Å²) in [4.78, 5) is 45.6. The van der Waals surface area contributed by atoms with Gasteiger partial charge in [0.05, 0.1) is 26.1 Å². The monoisotopic (exact) mass is 628 g/mol. The fourth-order valence-electron chi connectivity index (χ4n) is 3.96. The minimum atomic E-state index is -5.08. The van der Waals surface area contributed by atoms with Crippen LogP contribution in [-0.2, 0) is 30.4 Å². The van der Waals surface area contributed by atoms with Crippen LogP contribution in [0.5, 0.6) is 0 Å².